The molecule has 0 saturated heterocycles. The summed E-state index contributed by atoms with van der Waals surface area (Å²) in [6.45, 7) is 1.45. The summed E-state index contributed by atoms with van der Waals surface area (Å²) in [4.78, 5) is 62.9. The van der Waals surface area contributed by atoms with Gasteiger partial charge in [-0.05, 0) is 32.1 Å². The molecule has 3 atom stereocenters. The van der Waals surface area contributed by atoms with E-state index in [1.807, 2.05) is 6.92 Å². The smallest absolute Gasteiger partial charge is 0.329 e. The van der Waals surface area contributed by atoms with Gasteiger partial charge < -0.3 is 10.5 Å². The molecule has 9 nitrogen and oxygen atoms in total. The Labute approximate surface area is 161 Å². The van der Waals surface area contributed by atoms with E-state index in [0.717, 1.165) is 23.8 Å². The minimum absolute atomic E-state index is 0.100. The summed E-state index contributed by atoms with van der Waals surface area (Å²) < 4.78 is 6.26. The van der Waals surface area contributed by atoms with Crippen LogP contribution in [-0.4, -0.2) is 33.7 Å². The molecule has 2 saturated carbocycles. The van der Waals surface area contributed by atoms with Gasteiger partial charge in [-0.25, -0.2) is 4.79 Å². The lowest BCUT2D eigenvalue weighted by Crippen LogP contribution is -2.40. The average Bonchev–Trinajstić information content (AvgIpc) is 2.62. The first kappa shape index (κ1) is 20.0. The Hall–Kier alpha value is -2.71. The second-order valence-corrected chi connectivity index (χ2v) is 7.60. The van der Waals surface area contributed by atoms with Crippen molar-refractivity contribution in [3.63, 3.8) is 0 Å². The number of nitrogen functional groups attached to an aromatic ring is 1. The molecule has 0 amide bonds. The predicted molar refractivity (Wildman–Crippen MR) is 99.9 cm³/mol. The van der Waals surface area contributed by atoms with Crippen LogP contribution in [0.25, 0.3) is 0 Å². The minimum Gasteiger partial charge on any atom is -0.457 e. The van der Waals surface area contributed by atoms with Crippen molar-refractivity contribution in [2.75, 3.05) is 12.3 Å². The minimum atomic E-state index is -0.895. The molecule has 28 heavy (non-hydrogen) atoms. The van der Waals surface area contributed by atoms with Gasteiger partial charge in [-0.2, -0.15) is 0 Å². The Kier molecular flexibility index (Phi) is 5.81. The molecule has 0 radical (unpaired) electrons. The number of nitrogens with two attached hydrogens (primary N) is 1. The van der Waals surface area contributed by atoms with Crippen LogP contribution < -0.4 is 17.0 Å². The van der Waals surface area contributed by atoms with Crippen LogP contribution in [-0.2, 0) is 20.9 Å². The van der Waals surface area contributed by atoms with Crippen LogP contribution in [0.4, 0.5) is 5.82 Å². The van der Waals surface area contributed by atoms with Crippen molar-refractivity contribution >= 4 is 23.4 Å². The number of hydrogen-bond donors (Lipinski definition) is 2. The fourth-order valence-corrected chi connectivity index (χ4v) is 4.30. The molecule has 2 fully saturated rings. The Morgan fingerprint density at radius 3 is 2.43 bits per heavy atom. The van der Waals surface area contributed by atoms with Crippen molar-refractivity contribution in [2.24, 2.45) is 17.8 Å². The molecular formula is C19H25N3O6. The topological polar surface area (TPSA) is 141 Å². The van der Waals surface area contributed by atoms with E-state index >= 15 is 0 Å². The highest BCUT2D eigenvalue weighted by molar-refractivity contribution is 6.01. The summed E-state index contributed by atoms with van der Waals surface area (Å²) in [5.74, 6) is -1.89. The van der Waals surface area contributed by atoms with Crippen molar-refractivity contribution in [3.8, 4) is 0 Å². The fourth-order valence-electron chi connectivity index (χ4n) is 4.30. The van der Waals surface area contributed by atoms with Crippen molar-refractivity contribution in [3.05, 3.63) is 26.4 Å². The van der Waals surface area contributed by atoms with Crippen LogP contribution in [0.5, 0.6) is 0 Å². The molecule has 2 aliphatic carbocycles. The summed E-state index contributed by atoms with van der Waals surface area (Å²) in [6, 6.07) is 0. The molecular weight excluding hydrogens is 366 g/mol. The first-order chi connectivity index (χ1) is 13.3. The number of nitrogens with one attached hydrogen (secondary N) is 1. The van der Waals surface area contributed by atoms with Gasteiger partial charge in [0.1, 0.15) is 17.2 Å². The Bertz CT molecular complexity index is 899. The Morgan fingerprint density at radius 2 is 1.82 bits per heavy atom. The van der Waals surface area contributed by atoms with Gasteiger partial charge in [-0.3, -0.25) is 28.7 Å². The van der Waals surface area contributed by atoms with Crippen molar-refractivity contribution in [1.82, 2.24) is 9.55 Å². The third-order valence-corrected chi connectivity index (χ3v) is 5.69. The molecule has 2 bridgehead atoms. The van der Waals surface area contributed by atoms with Crippen LogP contribution in [0.2, 0.25) is 0 Å². The molecule has 0 spiro atoms. The lowest BCUT2D eigenvalue weighted by atomic mass is 9.67. The zero-order valence-corrected chi connectivity index (χ0v) is 15.9. The maximum absolute atomic E-state index is 12.4. The number of carbonyl (C=O) groups is 3. The second-order valence-electron chi connectivity index (χ2n) is 7.60. The molecule has 152 valence electrons. The summed E-state index contributed by atoms with van der Waals surface area (Å²) in [5.41, 5.74) is 3.89. The maximum Gasteiger partial charge on any atom is 0.329 e. The van der Waals surface area contributed by atoms with Gasteiger partial charge in [-0.15, -0.1) is 0 Å². The number of nitrogens with zero attached hydrogens (tertiary/aromatic N) is 1. The number of esters is 1. The zero-order valence-electron chi connectivity index (χ0n) is 15.9. The highest BCUT2D eigenvalue weighted by Crippen LogP contribution is 2.40. The van der Waals surface area contributed by atoms with Gasteiger partial charge in [0.15, 0.2) is 6.61 Å². The van der Waals surface area contributed by atoms with Gasteiger partial charge in [0.25, 0.3) is 5.56 Å². The average molecular weight is 391 g/mol. The van der Waals surface area contributed by atoms with Crippen LogP contribution in [0, 0.1) is 17.8 Å². The normalized spacial score (nSPS) is 24.0. The van der Waals surface area contributed by atoms with Gasteiger partial charge in [0.05, 0.1) is 5.92 Å². The van der Waals surface area contributed by atoms with Crippen molar-refractivity contribution < 1.29 is 19.1 Å². The summed E-state index contributed by atoms with van der Waals surface area (Å²) in [5, 5.41) is 0. The van der Waals surface area contributed by atoms with E-state index < -0.39 is 35.5 Å². The van der Waals surface area contributed by atoms with E-state index in [2.05, 4.69) is 4.98 Å². The molecule has 9 heteroatoms. The molecule has 0 aliphatic heterocycles. The van der Waals surface area contributed by atoms with E-state index in [4.69, 9.17) is 10.5 Å². The fraction of sp³-hybridized carbons (Fsp3) is 0.632. The lowest BCUT2D eigenvalue weighted by Gasteiger charge is -2.36. The zero-order chi connectivity index (χ0) is 20.4. The quantitative estimate of drug-likeness (QED) is 0.535. The molecule has 0 aromatic carbocycles. The van der Waals surface area contributed by atoms with Crippen molar-refractivity contribution in [1.29, 1.82) is 0 Å². The maximum atomic E-state index is 12.4. The first-order valence-corrected chi connectivity index (χ1v) is 9.69. The summed E-state index contributed by atoms with van der Waals surface area (Å²) in [6.07, 6.45) is 4.07. The van der Waals surface area contributed by atoms with Crippen LogP contribution in [0.1, 0.15) is 55.8 Å². The number of Topliss-reactive ketones (excluding diaryl/α,β-unsaturated/α-hetero) is 2. The number of ether oxygens (including phenoxy) is 1. The van der Waals surface area contributed by atoms with E-state index in [1.54, 1.807) is 0 Å². The second kappa shape index (κ2) is 8.12. The van der Waals surface area contributed by atoms with Crippen LogP contribution in [0.15, 0.2) is 9.59 Å². The molecule has 1 aromatic rings. The molecule has 1 unspecified atom stereocenters. The highest BCUT2D eigenvalue weighted by Gasteiger charge is 2.42. The SMILES string of the molecule is CCCn1c(N)c(C(=O)COC(=O)C2C[C@H]3CCC[C@@H](C2)C3=O)c(=O)[nH]c1=O. The number of aromatic amines is 1. The largest absolute Gasteiger partial charge is 0.457 e. The van der Waals surface area contributed by atoms with Crippen LogP contribution >= 0.6 is 0 Å². The first-order valence-electron chi connectivity index (χ1n) is 9.69. The van der Waals surface area contributed by atoms with Gasteiger partial charge in [-0.1, -0.05) is 13.3 Å². The monoisotopic (exact) mass is 391 g/mol. The van der Waals surface area contributed by atoms with E-state index in [-0.39, 0.29) is 35.5 Å². The lowest BCUT2D eigenvalue weighted by molar-refractivity contribution is -0.152. The predicted octanol–water partition coefficient (Wildman–Crippen LogP) is 0.650. The number of ketones is 2. The van der Waals surface area contributed by atoms with Crippen molar-refractivity contribution in [2.45, 2.75) is 52.0 Å². The van der Waals surface area contributed by atoms with E-state index in [1.165, 1.54) is 0 Å². The third-order valence-electron chi connectivity index (χ3n) is 5.69. The number of fused-ring (bicyclic) bond motifs is 2. The van der Waals surface area contributed by atoms with Gasteiger partial charge >= 0.3 is 11.7 Å². The molecule has 1 heterocycles. The molecule has 2 aliphatic rings. The Balaban J connectivity index is 1.68. The van der Waals surface area contributed by atoms with E-state index in [9.17, 15) is 24.0 Å². The molecule has 3 rings (SSSR count). The number of rotatable bonds is 6. The van der Waals surface area contributed by atoms with Crippen LogP contribution in [0.3, 0.4) is 0 Å². The Morgan fingerprint density at radius 1 is 1.18 bits per heavy atom. The molecule has 3 N–H and O–H groups in total. The number of carbonyl (C=O) groups excluding carboxylic acids is 3. The third kappa shape index (κ3) is 3.79. The number of H-pyrrole nitrogens is 1. The molecule has 1 aromatic heterocycles. The highest BCUT2D eigenvalue weighted by atomic mass is 16.5. The van der Waals surface area contributed by atoms with E-state index in [0.29, 0.717) is 19.3 Å². The van der Waals surface area contributed by atoms with Gasteiger partial charge in [0, 0.05) is 18.4 Å². The summed E-state index contributed by atoms with van der Waals surface area (Å²) in [7, 11) is 0. The number of aromatic nitrogens is 2. The number of anilines is 1. The number of hydrogen-bond acceptors (Lipinski definition) is 7. The van der Waals surface area contributed by atoms with Gasteiger partial charge in [0.2, 0.25) is 5.78 Å². The summed E-state index contributed by atoms with van der Waals surface area (Å²) >= 11 is 0. The standard InChI is InChI=1S/C19H25N3O6/c1-2-6-22-16(20)14(17(25)21-19(22)27)13(23)9-28-18(26)12-7-10-4-3-5-11(8-12)15(10)24/h10-12H,2-9,20H2,1H3,(H,21,25,27)/t10-,11+,12?.